The third-order valence-electron chi connectivity index (χ3n) is 4.78. The van der Waals surface area contributed by atoms with Gasteiger partial charge in [-0.1, -0.05) is 30.3 Å². The molecule has 6 nitrogen and oxygen atoms in total. The lowest BCUT2D eigenvalue weighted by Crippen LogP contribution is -2.35. The number of nitrogens with zero attached hydrogens (tertiary/aromatic N) is 1. The maximum atomic E-state index is 12.7. The Bertz CT molecular complexity index is 814. The van der Waals surface area contributed by atoms with E-state index in [9.17, 15) is 19.5 Å². The smallest absolute Gasteiger partial charge is 0.308 e. The van der Waals surface area contributed by atoms with E-state index in [-0.39, 0.29) is 11.8 Å². The number of hydrogen-bond acceptors (Lipinski definition) is 3. The van der Waals surface area contributed by atoms with Crippen LogP contribution in [0.15, 0.2) is 54.6 Å². The minimum absolute atomic E-state index is 0.0846. The van der Waals surface area contributed by atoms with Crippen LogP contribution in [-0.2, 0) is 4.79 Å². The summed E-state index contributed by atoms with van der Waals surface area (Å²) < 4.78 is 0. The van der Waals surface area contributed by atoms with Gasteiger partial charge in [0, 0.05) is 24.2 Å². The van der Waals surface area contributed by atoms with Gasteiger partial charge in [-0.15, -0.1) is 0 Å². The van der Waals surface area contributed by atoms with Crippen LogP contribution in [-0.4, -0.2) is 40.9 Å². The fraction of sp³-hybridized carbons (Fsp3) is 0.318. The lowest BCUT2D eigenvalue weighted by atomic mass is 9.94. The summed E-state index contributed by atoms with van der Waals surface area (Å²) in [5.74, 6) is -2.26. The Morgan fingerprint density at radius 2 is 1.46 bits per heavy atom. The van der Waals surface area contributed by atoms with E-state index < -0.39 is 17.9 Å². The highest BCUT2D eigenvalue weighted by atomic mass is 16.4. The molecule has 2 aromatic carbocycles. The number of nitrogens with one attached hydrogen (secondary N) is 1. The summed E-state index contributed by atoms with van der Waals surface area (Å²) in [6.45, 7) is 6.62. The summed E-state index contributed by atoms with van der Waals surface area (Å²) >= 11 is 0. The van der Waals surface area contributed by atoms with Crippen molar-refractivity contribution in [2.24, 2.45) is 5.92 Å². The van der Waals surface area contributed by atoms with Crippen molar-refractivity contribution in [3.05, 3.63) is 71.3 Å². The Labute approximate surface area is 165 Å². The SMILES string of the molecule is CCN(CC)C(=O)c1ccc(C(=O)NC(c2ccccc2)C(C)C(=O)O)cc1. The first-order valence-corrected chi connectivity index (χ1v) is 9.37. The van der Waals surface area contributed by atoms with Gasteiger partial charge in [0.15, 0.2) is 0 Å². The average Bonchev–Trinajstić information content (AvgIpc) is 2.72. The minimum Gasteiger partial charge on any atom is -0.481 e. The zero-order chi connectivity index (χ0) is 20.7. The molecule has 0 aromatic heterocycles. The molecule has 6 heteroatoms. The second-order valence-corrected chi connectivity index (χ2v) is 6.54. The molecule has 0 saturated carbocycles. The number of carboxylic acid groups (broad SMARTS) is 1. The molecular weight excluding hydrogens is 356 g/mol. The van der Waals surface area contributed by atoms with Crippen LogP contribution in [0, 0.1) is 5.92 Å². The molecule has 2 amide bonds. The molecule has 2 atom stereocenters. The fourth-order valence-electron chi connectivity index (χ4n) is 2.98. The highest BCUT2D eigenvalue weighted by Crippen LogP contribution is 2.23. The van der Waals surface area contributed by atoms with E-state index in [1.165, 1.54) is 0 Å². The Balaban J connectivity index is 2.19. The number of amides is 2. The third kappa shape index (κ3) is 4.97. The van der Waals surface area contributed by atoms with Crippen molar-refractivity contribution in [3.63, 3.8) is 0 Å². The standard InChI is InChI=1S/C22H26N2O4/c1-4-24(5-2)21(26)18-13-11-17(12-14-18)20(25)23-19(15(3)22(27)28)16-9-7-6-8-10-16/h6-15,19H,4-5H2,1-3H3,(H,23,25)(H,27,28). The van der Waals surface area contributed by atoms with Gasteiger partial charge in [0.05, 0.1) is 12.0 Å². The molecule has 0 aliphatic carbocycles. The van der Waals surface area contributed by atoms with Crippen LogP contribution in [0.25, 0.3) is 0 Å². The van der Waals surface area contributed by atoms with Gasteiger partial charge in [-0.25, -0.2) is 0 Å². The highest BCUT2D eigenvalue weighted by molar-refractivity contribution is 5.98. The van der Waals surface area contributed by atoms with Crippen molar-refractivity contribution >= 4 is 17.8 Å². The number of benzene rings is 2. The molecule has 2 aromatic rings. The van der Waals surface area contributed by atoms with Crippen molar-refractivity contribution < 1.29 is 19.5 Å². The van der Waals surface area contributed by atoms with Gasteiger partial charge < -0.3 is 15.3 Å². The molecule has 0 fully saturated rings. The van der Waals surface area contributed by atoms with Crippen LogP contribution in [0.1, 0.15) is 53.1 Å². The number of rotatable bonds is 8. The predicted octanol–water partition coefficient (Wildman–Crippen LogP) is 3.36. The normalized spacial score (nSPS) is 12.7. The van der Waals surface area contributed by atoms with E-state index in [1.54, 1.807) is 60.4 Å². The fourth-order valence-corrected chi connectivity index (χ4v) is 2.98. The van der Waals surface area contributed by atoms with Crippen LogP contribution >= 0.6 is 0 Å². The van der Waals surface area contributed by atoms with Crippen molar-refractivity contribution in [3.8, 4) is 0 Å². The summed E-state index contributed by atoms with van der Waals surface area (Å²) in [5.41, 5.74) is 1.60. The number of aliphatic carboxylic acids is 1. The lowest BCUT2D eigenvalue weighted by molar-refractivity contribution is -0.142. The monoisotopic (exact) mass is 382 g/mol. The number of carboxylic acids is 1. The number of hydrogen-bond donors (Lipinski definition) is 2. The molecule has 0 heterocycles. The van der Waals surface area contributed by atoms with Crippen molar-refractivity contribution in [2.45, 2.75) is 26.8 Å². The first-order chi connectivity index (χ1) is 13.4. The van der Waals surface area contributed by atoms with E-state index in [0.29, 0.717) is 24.2 Å². The van der Waals surface area contributed by atoms with Crippen molar-refractivity contribution in [1.29, 1.82) is 0 Å². The highest BCUT2D eigenvalue weighted by Gasteiger charge is 2.27. The molecule has 0 aliphatic heterocycles. The van der Waals surface area contributed by atoms with E-state index in [4.69, 9.17) is 0 Å². The summed E-state index contributed by atoms with van der Waals surface area (Å²) in [4.78, 5) is 38.2. The summed E-state index contributed by atoms with van der Waals surface area (Å²) in [6.07, 6.45) is 0. The topological polar surface area (TPSA) is 86.7 Å². The first-order valence-electron chi connectivity index (χ1n) is 9.37. The maximum Gasteiger partial charge on any atom is 0.308 e. The van der Waals surface area contributed by atoms with Gasteiger partial charge in [0.2, 0.25) is 0 Å². The molecular formula is C22H26N2O4. The molecule has 2 N–H and O–H groups in total. The van der Waals surface area contributed by atoms with Gasteiger partial charge in [0.1, 0.15) is 0 Å². The van der Waals surface area contributed by atoms with Gasteiger partial charge in [-0.3, -0.25) is 14.4 Å². The average molecular weight is 382 g/mol. The van der Waals surface area contributed by atoms with Gasteiger partial charge in [-0.2, -0.15) is 0 Å². The number of carbonyl (C=O) groups excluding carboxylic acids is 2. The minimum atomic E-state index is -0.991. The summed E-state index contributed by atoms with van der Waals surface area (Å²) in [5, 5.41) is 12.2. The third-order valence-corrected chi connectivity index (χ3v) is 4.78. The lowest BCUT2D eigenvalue weighted by Gasteiger charge is -2.23. The van der Waals surface area contributed by atoms with E-state index in [1.807, 2.05) is 19.9 Å². The van der Waals surface area contributed by atoms with Crippen LogP contribution < -0.4 is 5.32 Å². The zero-order valence-corrected chi connectivity index (χ0v) is 16.4. The first kappa shape index (κ1) is 21.2. The largest absolute Gasteiger partial charge is 0.481 e. The molecule has 0 radical (unpaired) electrons. The Hall–Kier alpha value is -3.15. The van der Waals surface area contributed by atoms with Gasteiger partial charge in [-0.05, 0) is 50.6 Å². The molecule has 28 heavy (non-hydrogen) atoms. The van der Waals surface area contributed by atoms with E-state index in [2.05, 4.69) is 5.32 Å². The number of carbonyl (C=O) groups is 3. The summed E-state index contributed by atoms with van der Waals surface area (Å²) in [6, 6.07) is 14.8. The molecule has 0 aliphatic rings. The molecule has 0 saturated heterocycles. The molecule has 148 valence electrons. The second kappa shape index (κ2) is 9.69. The Morgan fingerprint density at radius 1 is 0.929 bits per heavy atom. The molecule has 0 spiro atoms. The van der Waals surface area contributed by atoms with Gasteiger partial charge >= 0.3 is 5.97 Å². The molecule has 2 unspecified atom stereocenters. The van der Waals surface area contributed by atoms with Crippen LogP contribution in [0.2, 0.25) is 0 Å². The molecule has 0 bridgehead atoms. The van der Waals surface area contributed by atoms with Crippen molar-refractivity contribution in [2.75, 3.05) is 13.1 Å². The zero-order valence-electron chi connectivity index (χ0n) is 16.4. The van der Waals surface area contributed by atoms with E-state index in [0.717, 1.165) is 5.56 Å². The Morgan fingerprint density at radius 3 is 1.96 bits per heavy atom. The van der Waals surface area contributed by atoms with E-state index >= 15 is 0 Å². The van der Waals surface area contributed by atoms with Crippen LogP contribution in [0.3, 0.4) is 0 Å². The Kier molecular flexibility index (Phi) is 7.32. The second-order valence-electron chi connectivity index (χ2n) is 6.54. The van der Waals surface area contributed by atoms with Crippen LogP contribution in [0.5, 0.6) is 0 Å². The van der Waals surface area contributed by atoms with Crippen LogP contribution in [0.4, 0.5) is 0 Å². The van der Waals surface area contributed by atoms with Gasteiger partial charge in [0.25, 0.3) is 11.8 Å². The molecule has 2 rings (SSSR count). The quantitative estimate of drug-likeness (QED) is 0.733. The maximum absolute atomic E-state index is 12.7. The summed E-state index contributed by atoms with van der Waals surface area (Å²) in [7, 11) is 0. The predicted molar refractivity (Wildman–Crippen MR) is 107 cm³/mol. The van der Waals surface area contributed by atoms with Crippen molar-refractivity contribution in [1.82, 2.24) is 10.2 Å².